The third-order valence-electron chi connectivity index (χ3n) is 5.07. The van der Waals surface area contributed by atoms with Gasteiger partial charge >= 0.3 is 21.2 Å². The highest BCUT2D eigenvalue weighted by Crippen LogP contribution is 2.43. The van der Waals surface area contributed by atoms with Crippen molar-refractivity contribution in [2.75, 3.05) is 6.61 Å². The molecule has 0 aromatic carbocycles. The molecule has 1 amide bonds. The number of nitrogens with one attached hydrogen (secondary N) is 1. The highest BCUT2D eigenvalue weighted by molar-refractivity contribution is 7.91. The van der Waals surface area contributed by atoms with Crippen LogP contribution in [0.3, 0.4) is 0 Å². The molecule has 2 atom stereocenters. The molecule has 144 valence electrons. The molecule has 2 saturated carbocycles. The number of carbonyl (C=O) groups is 2. The molecule has 2 unspecified atom stereocenters. The maximum Gasteiger partial charge on any atom is 0.459 e. The molecule has 0 radical (unpaired) electrons. The summed E-state index contributed by atoms with van der Waals surface area (Å²) in [6.45, 7) is 0.508. The van der Waals surface area contributed by atoms with Crippen molar-refractivity contribution >= 4 is 21.9 Å². The first-order chi connectivity index (χ1) is 11.6. The molecule has 0 aliphatic heterocycles. The topological polar surface area (TPSA) is 89.5 Å². The van der Waals surface area contributed by atoms with Gasteiger partial charge in [-0.25, -0.2) is 9.52 Å². The number of hydrogen-bond acceptors (Lipinski definition) is 5. The van der Waals surface area contributed by atoms with Gasteiger partial charge in [0.05, 0.1) is 6.61 Å². The fraction of sp³-hybridized carbons (Fsp3) is 0.875. The van der Waals surface area contributed by atoms with Crippen LogP contribution in [0.2, 0.25) is 0 Å². The maximum absolute atomic E-state index is 13.6. The summed E-state index contributed by atoms with van der Waals surface area (Å²) in [5.74, 6) is -1.32. The average molecular weight is 381 g/mol. The first-order valence-corrected chi connectivity index (χ1v) is 10.2. The van der Waals surface area contributed by atoms with E-state index < -0.39 is 27.2 Å². The molecule has 9 heteroatoms. The van der Waals surface area contributed by atoms with Gasteiger partial charge in [-0.2, -0.15) is 17.2 Å². The molecule has 2 bridgehead atoms. The molecular weight excluding hydrogens is 356 g/mol. The molecule has 0 saturated heterocycles. The van der Waals surface area contributed by atoms with E-state index in [0.29, 0.717) is 12.3 Å². The minimum absolute atomic E-state index is 0.254. The van der Waals surface area contributed by atoms with Gasteiger partial charge in [0.15, 0.2) is 0 Å². The zero-order valence-corrected chi connectivity index (χ0v) is 15.1. The molecule has 0 aromatic heterocycles. The van der Waals surface area contributed by atoms with Crippen molar-refractivity contribution < 1.29 is 31.5 Å². The zero-order valence-electron chi connectivity index (χ0n) is 14.3. The number of sulfonamides is 1. The summed E-state index contributed by atoms with van der Waals surface area (Å²) in [4.78, 5) is 22.1. The number of amides is 1. The van der Waals surface area contributed by atoms with E-state index in [9.17, 15) is 26.8 Å². The fourth-order valence-corrected chi connectivity index (χ4v) is 4.87. The molecule has 2 fully saturated rings. The molecule has 0 heterocycles. The standard InChI is InChI=1S/C16H25F2NO5S/c1-11(20)19-25(22,23)16(17,18)15(21)24-7-3-6-14-9-12-4-2-5-13(8-12)10-14/h12-14H,2-10H2,1H3,(H,19,20). The Bertz CT molecular complexity index is 596. The monoisotopic (exact) mass is 381 g/mol. The number of carbonyl (C=O) groups excluding carboxylic acids is 2. The van der Waals surface area contributed by atoms with Crippen LogP contribution in [0.1, 0.15) is 58.3 Å². The second kappa shape index (κ2) is 7.97. The summed E-state index contributed by atoms with van der Waals surface area (Å²) < 4.78 is 55.4. The van der Waals surface area contributed by atoms with Crippen LogP contribution in [0.25, 0.3) is 0 Å². The molecule has 0 aromatic rings. The van der Waals surface area contributed by atoms with Crippen molar-refractivity contribution in [2.45, 2.75) is 63.5 Å². The summed E-state index contributed by atoms with van der Waals surface area (Å²) in [7, 11) is -5.43. The summed E-state index contributed by atoms with van der Waals surface area (Å²) in [6.07, 6.45) is 8.58. The highest BCUT2D eigenvalue weighted by Gasteiger charge is 2.55. The van der Waals surface area contributed by atoms with Crippen molar-refractivity contribution in [1.82, 2.24) is 4.72 Å². The van der Waals surface area contributed by atoms with E-state index >= 15 is 0 Å². The fourth-order valence-electron chi connectivity index (χ4n) is 4.09. The molecule has 6 nitrogen and oxygen atoms in total. The summed E-state index contributed by atoms with van der Waals surface area (Å²) in [6, 6.07) is 0. The Morgan fingerprint density at radius 3 is 2.32 bits per heavy atom. The van der Waals surface area contributed by atoms with Gasteiger partial charge in [-0.3, -0.25) is 4.79 Å². The lowest BCUT2D eigenvalue weighted by Crippen LogP contribution is -2.47. The van der Waals surface area contributed by atoms with Gasteiger partial charge in [-0.05, 0) is 49.9 Å². The van der Waals surface area contributed by atoms with Crippen molar-refractivity contribution in [1.29, 1.82) is 0 Å². The van der Waals surface area contributed by atoms with Gasteiger partial charge < -0.3 is 4.74 Å². The van der Waals surface area contributed by atoms with E-state index in [1.165, 1.54) is 25.7 Å². The number of esters is 1. The summed E-state index contributed by atoms with van der Waals surface area (Å²) in [5.41, 5.74) is 0. The van der Waals surface area contributed by atoms with Crippen LogP contribution in [-0.2, 0) is 24.3 Å². The van der Waals surface area contributed by atoms with Gasteiger partial charge in [0, 0.05) is 6.92 Å². The molecule has 2 aliphatic rings. The Labute approximate surface area is 146 Å². The Morgan fingerprint density at radius 1 is 1.16 bits per heavy atom. The number of fused-ring (bicyclic) bond motifs is 2. The number of halogens is 2. The van der Waals surface area contributed by atoms with E-state index in [1.54, 1.807) is 0 Å². The Kier molecular flexibility index (Phi) is 6.40. The van der Waals surface area contributed by atoms with Gasteiger partial charge in [-0.15, -0.1) is 0 Å². The second-order valence-corrected chi connectivity index (χ2v) is 8.92. The van der Waals surface area contributed by atoms with Crippen molar-refractivity contribution in [2.24, 2.45) is 17.8 Å². The van der Waals surface area contributed by atoms with Gasteiger partial charge in [0.1, 0.15) is 0 Å². The van der Waals surface area contributed by atoms with Crippen LogP contribution in [0.15, 0.2) is 0 Å². The Hall–Kier alpha value is -1.25. The van der Waals surface area contributed by atoms with E-state index in [-0.39, 0.29) is 6.61 Å². The number of rotatable bonds is 7. The molecule has 0 spiro atoms. The molecular formula is C16H25F2NO5S. The molecule has 1 N–H and O–H groups in total. The molecule has 2 aliphatic carbocycles. The second-order valence-electron chi connectivity index (χ2n) is 7.19. The quantitative estimate of drug-likeness (QED) is 0.541. The zero-order chi connectivity index (χ0) is 18.7. The normalized spacial score (nSPS) is 26.8. The Balaban J connectivity index is 1.75. The minimum Gasteiger partial charge on any atom is -0.460 e. The van der Waals surface area contributed by atoms with Crippen LogP contribution in [0, 0.1) is 17.8 Å². The summed E-state index contributed by atoms with van der Waals surface area (Å²) in [5, 5.41) is -4.79. The van der Waals surface area contributed by atoms with E-state index in [1.807, 2.05) is 0 Å². The van der Waals surface area contributed by atoms with E-state index in [2.05, 4.69) is 4.74 Å². The summed E-state index contributed by atoms with van der Waals surface area (Å²) >= 11 is 0. The van der Waals surface area contributed by atoms with Crippen molar-refractivity contribution in [3.8, 4) is 0 Å². The largest absolute Gasteiger partial charge is 0.460 e. The Morgan fingerprint density at radius 2 is 1.76 bits per heavy atom. The lowest BCUT2D eigenvalue weighted by molar-refractivity contribution is -0.161. The smallest absolute Gasteiger partial charge is 0.459 e. The van der Waals surface area contributed by atoms with Gasteiger partial charge in [0.25, 0.3) is 0 Å². The number of alkyl halides is 2. The minimum atomic E-state index is -5.43. The third-order valence-corrected chi connectivity index (χ3v) is 6.47. The van der Waals surface area contributed by atoms with Crippen LogP contribution in [0.5, 0.6) is 0 Å². The van der Waals surface area contributed by atoms with Gasteiger partial charge in [-0.1, -0.05) is 19.3 Å². The lowest BCUT2D eigenvalue weighted by atomic mass is 9.67. The number of ether oxygens (including phenoxy) is 1. The van der Waals surface area contributed by atoms with E-state index in [4.69, 9.17) is 0 Å². The van der Waals surface area contributed by atoms with Crippen molar-refractivity contribution in [3.05, 3.63) is 0 Å². The van der Waals surface area contributed by atoms with Crippen molar-refractivity contribution in [3.63, 3.8) is 0 Å². The average Bonchev–Trinajstić information content (AvgIpc) is 2.49. The van der Waals surface area contributed by atoms with Crippen LogP contribution in [0.4, 0.5) is 8.78 Å². The third kappa shape index (κ3) is 5.12. The predicted octanol–water partition coefficient (Wildman–Crippen LogP) is 2.58. The molecule has 2 rings (SSSR count). The highest BCUT2D eigenvalue weighted by atomic mass is 32.2. The van der Waals surface area contributed by atoms with Crippen LogP contribution >= 0.6 is 0 Å². The maximum atomic E-state index is 13.6. The van der Waals surface area contributed by atoms with Gasteiger partial charge in [0.2, 0.25) is 5.91 Å². The van der Waals surface area contributed by atoms with Crippen LogP contribution in [-0.4, -0.2) is 32.2 Å². The van der Waals surface area contributed by atoms with Crippen LogP contribution < -0.4 is 4.72 Å². The first-order valence-electron chi connectivity index (χ1n) is 8.69. The first kappa shape index (κ1) is 20.1. The lowest BCUT2D eigenvalue weighted by Gasteiger charge is -2.39. The predicted molar refractivity (Wildman–Crippen MR) is 86.0 cm³/mol. The molecule has 25 heavy (non-hydrogen) atoms. The SMILES string of the molecule is CC(=O)NS(=O)(=O)C(F)(F)C(=O)OCCCC1CC2CCCC(C1)C2. The number of hydrogen-bond donors (Lipinski definition) is 1. The van der Waals surface area contributed by atoms with E-state index in [0.717, 1.165) is 42.7 Å².